The number of nitrogens with one attached hydrogen (secondary N) is 2. The first-order valence-electron chi connectivity index (χ1n) is 14.7. The van der Waals surface area contributed by atoms with Crippen molar-refractivity contribution in [2.24, 2.45) is 0 Å². The molecule has 0 saturated carbocycles. The van der Waals surface area contributed by atoms with Gasteiger partial charge in [-0.05, 0) is 31.4 Å². The topological polar surface area (TPSA) is 132 Å². The summed E-state index contributed by atoms with van der Waals surface area (Å²) in [6.45, 7) is 3.55. The Morgan fingerprint density at radius 3 is 1.38 bits per heavy atom. The van der Waals surface area contributed by atoms with E-state index in [2.05, 4.69) is 92.8 Å². The van der Waals surface area contributed by atoms with Crippen molar-refractivity contribution in [3.8, 4) is 0 Å². The third-order valence-corrected chi connectivity index (χ3v) is 7.20. The first-order chi connectivity index (χ1) is 22.2. The standard InChI is InChI=1S/C28H32N4O.2C2HF3O2/c33-22-12-16-29-25-14-20-31(27-10-4-2-8-23(25)27)18-6-1-7-19-32-21-15-26(30-17-13-22)24-9-3-5-11-28(24)32;2*3-2(4,5)1(6)7/h2-5,8-11,14-15,20-22,33H,1,6-7,12-13,16-19H2;2*(H,6,7). The second kappa shape index (κ2) is 16.8. The molecule has 1 aliphatic rings. The number of aliphatic carboxylic acids is 2. The molecular weight excluding hydrogens is 634 g/mol. The third-order valence-electron chi connectivity index (χ3n) is 7.20. The maximum atomic E-state index is 10.5. The van der Waals surface area contributed by atoms with Crippen LogP contribution >= 0.6 is 0 Å². The number of halogens is 6. The van der Waals surface area contributed by atoms with Crippen molar-refractivity contribution in [2.75, 3.05) is 23.7 Å². The Balaban J connectivity index is 0.000000360. The van der Waals surface area contributed by atoms with Crippen molar-refractivity contribution in [2.45, 2.75) is 63.7 Å². The zero-order valence-electron chi connectivity index (χ0n) is 25.1. The number of pyridine rings is 2. The van der Waals surface area contributed by atoms with Crippen LogP contribution in [0.1, 0.15) is 32.1 Å². The number of alkyl halides is 6. The van der Waals surface area contributed by atoms with Crippen LogP contribution in [0.4, 0.5) is 37.7 Å². The number of carboxylic acids is 2. The van der Waals surface area contributed by atoms with E-state index in [0.29, 0.717) is 0 Å². The molecule has 3 heterocycles. The lowest BCUT2D eigenvalue weighted by atomic mass is 10.1. The SMILES string of the molecule is O=C([O-])C(F)(F)F.O=C([O-])C(F)(F)F.OC1CCNc2cc[n+](c3ccccc23)CCCCC[n+]2ccc(c3ccccc32)NCC1. The van der Waals surface area contributed by atoms with E-state index in [4.69, 9.17) is 19.8 Å². The average Bonchev–Trinajstić information content (AvgIpc) is 3.01. The van der Waals surface area contributed by atoms with E-state index in [-0.39, 0.29) is 6.10 Å². The second-order valence-corrected chi connectivity index (χ2v) is 10.6. The minimum atomic E-state index is -5.19. The molecule has 2 aromatic carbocycles. The van der Waals surface area contributed by atoms with Gasteiger partial charge in [0.1, 0.15) is 25.0 Å². The number of hydrogen-bond acceptors (Lipinski definition) is 7. The van der Waals surface area contributed by atoms with Gasteiger partial charge in [0.2, 0.25) is 11.0 Å². The van der Waals surface area contributed by atoms with Crippen molar-refractivity contribution in [1.82, 2.24) is 0 Å². The molecule has 4 aromatic rings. The van der Waals surface area contributed by atoms with Crippen molar-refractivity contribution in [1.29, 1.82) is 0 Å². The molecule has 2 aromatic heterocycles. The molecule has 5 rings (SSSR count). The second-order valence-electron chi connectivity index (χ2n) is 10.6. The van der Waals surface area contributed by atoms with E-state index in [1.807, 2.05) is 0 Å². The van der Waals surface area contributed by atoms with Crippen LogP contribution in [0.2, 0.25) is 0 Å². The number of hydrogen-bond donors (Lipinski definition) is 3. The van der Waals surface area contributed by atoms with Gasteiger partial charge in [0, 0.05) is 50.2 Å². The number of aromatic nitrogens is 2. The predicted molar refractivity (Wildman–Crippen MR) is 156 cm³/mol. The first-order valence-corrected chi connectivity index (χ1v) is 14.7. The molecule has 0 saturated heterocycles. The summed E-state index contributed by atoms with van der Waals surface area (Å²) in [5, 5.41) is 37.7. The van der Waals surface area contributed by atoms with Crippen molar-refractivity contribution < 1.29 is 60.4 Å². The van der Waals surface area contributed by atoms with Crippen LogP contribution in [0.5, 0.6) is 0 Å². The number of benzene rings is 2. The van der Waals surface area contributed by atoms with Crippen LogP contribution in [0.15, 0.2) is 73.1 Å². The molecular formula is C32H34F6N4O5. The number of fused-ring (bicyclic) bond motifs is 12. The summed E-state index contributed by atoms with van der Waals surface area (Å²) in [6.07, 6.45) is -1.37. The Hall–Kier alpha value is -4.66. The monoisotopic (exact) mass is 668 g/mol. The fourth-order valence-electron chi connectivity index (χ4n) is 4.90. The maximum absolute atomic E-state index is 10.5. The maximum Gasteiger partial charge on any atom is 0.430 e. The molecule has 0 radical (unpaired) electrons. The molecule has 0 unspecified atom stereocenters. The number of carbonyl (C=O) groups excluding carboxylic acids is 2. The summed E-state index contributed by atoms with van der Waals surface area (Å²) in [5.74, 6) is -6.01. The van der Waals surface area contributed by atoms with Gasteiger partial charge >= 0.3 is 12.4 Å². The fourth-order valence-corrected chi connectivity index (χ4v) is 4.90. The summed E-state index contributed by atoms with van der Waals surface area (Å²) >= 11 is 0. The summed E-state index contributed by atoms with van der Waals surface area (Å²) in [4.78, 5) is 17.6. The lowest BCUT2D eigenvalue weighted by Gasteiger charge is -2.15. The highest BCUT2D eigenvalue weighted by Gasteiger charge is 2.29. The molecule has 9 nitrogen and oxygen atoms in total. The normalized spacial score (nSPS) is 15.0. The van der Waals surface area contributed by atoms with Crippen LogP contribution in [0.3, 0.4) is 0 Å². The zero-order valence-corrected chi connectivity index (χ0v) is 25.1. The summed E-state index contributed by atoms with van der Waals surface area (Å²) in [6, 6.07) is 21.6. The highest BCUT2D eigenvalue weighted by atomic mass is 19.4. The van der Waals surface area contributed by atoms with Crippen molar-refractivity contribution in [3.63, 3.8) is 0 Å². The number of para-hydroxylation sites is 2. The molecule has 4 bridgehead atoms. The van der Waals surface area contributed by atoms with Gasteiger partial charge in [-0.1, -0.05) is 24.3 Å². The van der Waals surface area contributed by atoms with Gasteiger partial charge in [-0.2, -0.15) is 35.5 Å². The van der Waals surface area contributed by atoms with Gasteiger partial charge in [-0.15, -0.1) is 0 Å². The molecule has 3 N–H and O–H groups in total. The largest absolute Gasteiger partial charge is 0.542 e. The van der Waals surface area contributed by atoms with E-state index in [9.17, 15) is 31.4 Å². The molecule has 0 fully saturated rings. The summed E-state index contributed by atoms with van der Waals surface area (Å²) in [5.41, 5.74) is 4.81. The third kappa shape index (κ3) is 11.3. The van der Waals surface area contributed by atoms with Crippen LogP contribution in [0.25, 0.3) is 21.8 Å². The van der Waals surface area contributed by atoms with E-state index in [1.54, 1.807) is 0 Å². The molecule has 0 atom stereocenters. The number of carboxylic acid groups (broad SMARTS) is 2. The van der Waals surface area contributed by atoms with Crippen molar-refractivity contribution in [3.05, 3.63) is 73.1 Å². The number of aliphatic hydroxyl groups is 1. The Morgan fingerprint density at radius 1 is 0.660 bits per heavy atom. The molecule has 1 aliphatic heterocycles. The van der Waals surface area contributed by atoms with Crippen molar-refractivity contribution >= 4 is 45.1 Å². The van der Waals surface area contributed by atoms with E-state index in [1.165, 1.54) is 28.2 Å². The zero-order chi connectivity index (χ0) is 34.6. The van der Waals surface area contributed by atoms with Crippen LogP contribution in [0, 0.1) is 0 Å². The van der Waals surface area contributed by atoms with Gasteiger partial charge in [0.25, 0.3) is 0 Å². The highest BCUT2D eigenvalue weighted by molar-refractivity contribution is 5.89. The Bertz CT molecular complexity index is 1530. The molecule has 254 valence electrons. The van der Waals surface area contributed by atoms with Crippen LogP contribution in [-0.2, 0) is 22.7 Å². The number of rotatable bonds is 0. The van der Waals surface area contributed by atoms with E-state index >= 15 is 0 Å². The number of aliphatic hydroxyl groups excluding tert-OH is 1. The molecule has 47 heavy (non-hydrogen) atoms. The Labute approximate surface area is 266 Å². The predicted octanol–water partition coefficient (Wildman–Crippen LogP) is 3.01. The minimum absolute atomic E-state index is 0.338. The minimum Gasteiger partial charge on any atom is -0.542 e. The number of nitrogens with zero attached hydrogens (tertiary/aromatic N) is 2. The molecule has 0 spiro atoms. The lowest BCUT2D eigenvalue weighted by Crippen LogP contribution is -2.37. The van der Waals surface area contributed by atoms with Crippen LogP contribution < -0.4 is 30.0 Å². The molecule has 15 heteroatoms. The molecule has 0 amide bonds. The van der Waals surface area contributed by atoms with Gasteiger partial charge in [-0.3, -0.25) is 0 Å². The van der Waals surface area contributed by atoms with E-state index < -0.39 is 24.3 Å². The Morgan fingerprint density at radius 2 is 1.02 bits per heavy atom. The van der Waals surface area contributed by atoms with Gasteiger partial charge < -0.3 is 35.5 Å². The summed E-state index contributed by atoms with van der Waals surface area (Å²) < 4.78 is 67.8. The molecule has 0 aliphatic carbocycles. The quantitative estimate of drug-likeness (QED) is 0.194. The summed E-state index contributed by atoms with van der Waals surface area (Å²) in [7, 11) is 0. The first kappa shape index (κ1) is 36.8. The fraction of sp³-hybridized carbons (Fsp3) is 0.375. The Kier molecular flexibility index (Phi) is 13.1. The average molecular weight is 669 g/mol. The number of carbonyl (C=O) groups is 2. The lowest BCUT2D eigenvalue weighted by molar-refractivity contribution is -0.675. The van der Waals surface area contributed by atoms with E-state index in [0.717, 1.165) is 63.2 Å². The highest BCUT2D eigenvalue weighted by Crippen LogP contribution is 2.22. The number of aryl methyl sites for hydroxylation is 2. The van der Waals surface area contributed by atoms with Crippen LogP contribution in [-0.4, -0.2) is 48.6 Å². The van der Waals surface area contributed by atoms with Gasteiger partial charge in [0.05, 0.1) is 28.3 Å². The van der Waals surface area contributed by atoms with Gasteiger partial charge in [0.15, 0.2) is 12.4 Å². The van der Waals surface area contributed by atoms with Gasteiger partial charge in [-0.25, -0.2) is 0 Å². The number of anilines is 2. The smallest absolute Gasteiger partial charge is 0.430 e.